The van der Waals surface area contributed by atoms with Gasteiger partial charge in [0.1, 0.15) is 6.67 Å². The molecule has 0 aliphatic rings. The quantitative estimate of drug-likeness (QED) is 0.810. The third kappa shape index (κ3) is 2.85. The van der Waals surface area contributed by atoms with Gasteiger partial charge in [0, 0.05) is 6.61 Å². The third-order valence-electron chi connectivity index (χ3n) is 2.45. The van der Waals surface area contributed by atoms with Gasteiger partial charge in [-0.15, -0.1) is 0 Å². The minimum atomic E-state index is -0.541. The molecule has 1 N–H and O–H groups in total. The first kappa shape index (κ1) is 12.8. The summed E-state index contributed by atoms with van der Waals surface area (Å²) in [7, 11) is 3.07. The van der Waals surface area contributed by atoms with E-state index < -0.39 is 6.67 Å². The number of methoxy groups -OCH3 is 2. The number of halogens is 1. The van der Waals surface area contributed by atoms with Crippen LogP contribution >= 0.6 is 0 Å². The van der Waals surface area contributed by atoms with Crippen LogP contribution in [0, 0.1) is 0 Å². The minimum absolute atomic E-state index is 0.0973. The molecule has 1 aromatic rings. The van der Waals surface area contributed by atoms with Crippen LogP contribution in [0.1, 0.15) is 17.5 Å². The molecule has 0 aromatic heterocycles. The lowest BCUT2D eigenvalue weighted by atomic mass is 10.0. The molecule has 0 saturated heterocycles. The van der Waals surface area contributed by atoms with Gasteiger partial charge in [0.25, 0.3) is 0 Å². The van der Waals surface area contributed by atoms with Crippen LogP contribution in [0.25, 0.3) is 0 Å². The summed E-state index contributed by atoms with van der Waals surface area (Å²) < 4.78 is 23.0. The molecule has 0 aliphatic carbocycles. The van der Waals surface area contributed by atoms with E-state index in [4.69, 9.17) is 14.6 Å². The number of aliphatic hydroxyl groups is 1. The molecule has 0 unspecified atom stereocenters. The van der Waals surface area contributed by atoms with Gasteiger partial charge in [-0.3, -0.25) is 0 Å². The topological polar surface area (TPSA) is 38.7 Å². The molecule has 0 saturated carbocycles. The van der Waals surface area contributed by atoms with Crippen molar-refractivity contribution in [1.29, 1.82) is 0 Å². The van der Waals surface area contributed by atoms with Gasteiger partial charge >= 0.3 is 0 Å². The molecule has 0 heterocycles. The van der Waals surface area contributed by atoms with Crippen molar-refractivity contribution in [3.05, 3.63) is 23.3 Å². The Bertz CT molecular complexity index is 339. The summed E-state index contributed by atoms with van der Waals surface area (Å²) in [6.45, 7) is -0.443. The summed E-state index contributed by atoms with van der Waals surface area (Å²) in [4.78, 5) is 0. The zero-order valence-corrected chi connectivity index (χ0v) is 9.62. The number of aryl methyl sites for hydroxylation is 1. The highest BCUT2D eigenvalue weighted by atomic mass is 19.1. The number of aliphatic hydroxyl groups excluding tert-OH is 1. The molecule has 0 fully saturated rings. The normalized spacial score (nSPS) is 10.2. The Morgan fingerprint density at radius 1 is 1.12 bits per heavy atom. The van der Waals surface area contributed by atoms with Crippen molar-refractivity contribution in [3.63, 3.8) is 0 Å². The van der Waals surface area contributed by atoms with Gasteiger partial charge in [-0.1, -0.05) is 0 Å². The molecule has 0 spiro atoms. The van der Waals surface area contributed by atoms with Crippen molar-refractivity contribution in [3.8, 4) is 11.5 Å². The second-order valence-corrected chi connectivity index (χ2v) is 3.44. The number of benzene rings is 1. The van der Waals surface area contributed by atoms with Crippen molar-refractivity contribution in [2.45, 2.75) is 19.5 Å². The summed E-state index contributed by atoms with van der Waals surface area (Å²) in [6.07, 6.45) is 1.25. The van der Waals surface area contributed by atoms with Gasteiger partial charge in [-0.05, 0) is 36.1 Å². The second-order valence-electron chi connectivity index (χ2n) is 3.44. The Labute approximate surface area is 94.8 Å². The van der Waals surface area contributed by atoms with Gasteiger partial charge in [-0.2, -0.15) is 0 Å². The Balaban J connectivity index is 3.05. The first-order chi connectivity index (χ1) is 7.76. The van der Waals surface area contributed by atoms with Gasteiger partial charge in [0.05, 0.1) is 14.2 Å². The average molecular weight is 228 g/mol. The van der Waals surface area contributed by atoms with E-state index in [2.05, 4.69) is 0 Å². The summed E-state index contributed by atoms with van der Waals surface area (Å²) in [6, 6.07) is 3.41. The predicted molar refractivity (Wildman–Crippen MR) is 59.8 cm³/mol. The first-order valence-electron chi connectivity index (χ1n) is 5.17. The van der Waals surface area contributed by atoms with Gasteiger partial charge < -0.3 is 14.6 Å². The Morgan fingerprint density at radius 3 is 2.12 bits per heavy atom. The van der Waals surface area contributed by atoms with E-state index in [-0.39, 0.29) is 6.61 Å². The van der Waals surface area contributed by atoms with E-state index in [9.17, 15) is 4.39 Å². The summed E-state index contributed by atoms with van der Waals surface area (Å²) in [5.41, 5.74) is 1.44. The number of rotatable bonds is 6. The van der Waals surface area contributed by atoms with Crippen LogP contribution in [0.4, 0.5) is 4.39 Å². The molecule has 0 atom stereocenters. The summed E-state index contributed by atoms with van der Waals surface area (Å²) in [5, 5.41) is 8.77. The summed E-state index contributed by atoms with van der Waals surface area (Å²) in [5.74, 6) is 1.12. The average Bonchev–Trinajstić information content (AvgIpc) is 2.35. The molecule has 3 nitrogen and oxygen atoms in total. The second kappa shape index (κ2) is 6.33. The molecule has 1 aromatic carbocycles. The van der Waals surface area contributed by atoms with Crippen LogP contribution in [0.15, 0.2) is 12.1 Å². The third-order valence-corrected chi connectivity index (χ3v) is 2.45. The zero-order chi connectivity index (χ0) is 12.0. The summed E-state index contributed by atoms with van der Waals surface area (Å²) >= 11 is 0. The molecule has 16 heavy (non-hydrogen) atoms. The molecule has 0 radical (unpaired) electrons. The van der Waals surface area contributed by atoms with E-state index in [0.29, 0.717) is 29.9 Å². The SMILES string of the molecule is COc1cc(CF)c(CCCO)cc1OC. The lowest BCUT2D eigenvalue weighted by molar-refractivity contribution is 0.288. The number of hydrogen-bond acceptors (Lipinski definition) is 3. The maximum atomic E-state index is 12.8. The zero-order valence-electron chi connectivity index (χ0n) is 9.62. The number of ether oxygens (including phenoxy) is 2. The van der Waals surface area contributed by atoms with E-state index in [1.807, 2.05) is 0 Å². The maximum absolute atomic E-state index is 12.8. The molecule has 0 amide bonds. The van der Waals surface area contributed by atoms with Crippen molar-refractivity contribution >= 4 is 0 Å². The fourth-order valence-corrected chi connectivity index (χ4v) is 1.59. The molecule has 0 bridgehead atoms. The van der Waals surface area contributed by atoms with Crippen LogP contribution < -0.4 is 9.47 Å². The Hall–Kier alpha value is -1.29. The van der Waals surface area contributed by atoms with Crippen molar-refractivity contribution in [1.82, 2.24) is 0 Å². The highest BCUT2D eigenvalue weighted by Crippen LogP contribution is 2.31. The van der Waals surface area contributed by atoms with E-state index in [1.165, 1.54) is 7.11 Å². The van der Waals surface area contributed by atoms with Crippen LogP contribution in [0.3, 0.4) is 0 Å². The Morgan fingerprint density at radius 2 is 1.69 bits per heavy atom. The minimum Gasteiger partial charge on any atom is -0.493 e. The van der Waals surface area contributed by atoms with E-state index in [0.717, 1.165) is 5.56 Å². The van der Waals surface area contributed by atoms with Crippen LogP contribution in [0.5, 0.6) is 11.5 Å². The largest absolute Gasteiger partial charge is 0.493 e. The fraction of sp³-hybridized carbons (Fsp3) is 0.500. The van der Waals surface area contributed by atoms with Crippen molar-refractivity contribution in [2.24, 2.45) is 0 Å². The van der Waals surface area contributed by atoms with E-state index in [1.54, 1.807) is 19.2 Å². The van der Waals surface area contributed by atoms with Gasteiger partial charge in [0.15, 0.2) is 11.5 Å². The molecule has 1 rings (SSSR count). The highest BCUT2D eigenvalue weighted by molar-refractivity contribution is 5.47. The Kier molecular flexibility index (Phi) is 5.05. The van der Waals surface area contributed by atoms with Gasteiger partial charge in [-0.25, -0.2) is 4.39 Å². The van der Waals surface area contributed by atoms with Crippen LogP contribution in [-0.4, -0.2) is 25.9 Å². The predicted octanol–water partition coefficient (Wildman–Crippen LogP) is 2.10. The number of hydrogen-bond donors (Lipinski definition) is 1. The van der Waals surface area contributed by atoms with Crippen molar-refractivity contribution in [2.75, 3.05) is 20.8 Å². The smallest absolute Gasteiger partial charge is 0.161 e. The maximum Gasteiger partial charge on any atom is 0.161 e. The molecular weight excluding hydrogens is 211 g/mol. The first-order valence-corrected chi connectivity index (χ1v) is 5.17. The standard InChI is InChI=1S/C12H17FO3/c1-15-11-6-9(4-3-5-14)10(8-13)7-12(11)16-2/h6-7,14H,3-5,8H2,1-2H3. The van der Waals surface area contributed by atoms with Crippen LogP contribution in [-0.2, 0) is 13.1 Å². The molecule has 0 aliphatic heterocycles. The monoisotopic (exact) mass is 228 g/mol. The van der Waals surface area contributed by atoms with Gasteiger partial charge in [0.2, 0.25) is 0 Å². The fourth-order valence-electron chi connectivity index (χ4n) is 1.59. The lowest BCUT2D eigenvalue weighted by Crippen LogP contribution is -1.99. The highest BCUT2D eigenvalue weighted by Gasteiger charge is 2.10. The van der Waals surface area contributed by atoms with Crippen molar-refractivity contribution < 1.29 is 19.0 Å². The van der Waals surface area contributed by atoms with E-state index >= 15 is 0 Å². The molecule has 90 valence electrons. The number of alkyl halides is 1. The lowest BCUT2D eigenvalue weighted by Gasteiger charge is -2.12. The van der Waals surface area contributed by atoms with Crippen LogP contribution in [0.2, 0.25) is 0 Å². The molecular formula is C12H17FO3. The molecule has 4 heteroatoms.